The van der Waals surface area contributed by atoms with Gasteiger partial charge in [-0.15, -0.1) is 0 Å². The molecule has 5 N–H and O–H groups in total. The van der Waals surface area contributed by atoms with Crippen LogP contribution in [0.25, 0.3) is 0 Å². The number of hydrogen-bond donors (Lipinski definition) is 4. The molecule has 0 bridgehead atoms. The van der Waals surface area contributed by atoms with E-state index in [-0.39, 0.29) is 5.56 Å². The highest BCUT2D eigenvalue weighted by Gasteiger charge is 2.17. The standard InChI is InChI=1S/C11H13F2N3O3/c12-9(13)8(17)5-15-10(18)6-1-3-7(4-2-6)16-11(14)19/h1-4,8-9,17H,5H2,(H,15,18)(H3,14,16,19). The molecule has 0 spiro atoms. The highest BCUT2D eigenvalue weighted by atomic mass is 19.3. The molecule has 3 amide bonds. The first-order valence-corrected chi connectivity index (χ1v) is 5.31. The van der Waals surface area contributed by atoms with Gasteiger partial charge in [0.15, 0.2) is 0 Å². The van der Waals surface area contributed by atoms with Gasteiger partial charge in [0.1, 0.15) is 6.10 Å². The molecule has 104 valence electrons. The number of urea groups is 1. The monoisotopic (exact) mass is 273 g/mol. The summed E-state index contributed by atoms with van der Waals surface area (Å²) in [4.78, 5) is 22.1. The molecule has 1 aromatic carbocycles. The van der Waals surface area contributed by atoms with Crippen LogP contribution in [0, 0.1) is 0 Å². The predicted molar refractivity (Wildman–Crippen MR) is 64.0 cm³/mol. The molecule has 8 heteroatoms. The van der Waals surface area contributed by atoms with Crippen LogP contribution in [0.5, 0.6) is 0 Å². The van der Waals surface area contributed by atoms with E-state index in [0.717, 1.165) is 0 Å². The number of carbonyl (C=O) groups is 2. The fraction of sp³-hybridized carbons (Fsp3) is 0.273. The Morgan fingerprint density at radius 1 is 1.26 bits per heavy atom. The number of benzene rings is 1. The van der Waals surface area contributed by atoms with Gasteiger partial charge in [-0.05, 0) is 24.3 Å². The molecule has 19 heavy (non-hydrogen) atoms. The van der Waals surface area contributed by atoms with Crippen molar-refractivity contribution in [1.29, 1.82) is 0 Å². The average Bonchev–Trinajstić information content (AvgIpc) is 2.35. The second-order valence-corrected chi connectivity index (χ2v) is 3.68. The minimum atomic E-state index is -2.91. The third kappa shape index (κ3) is 4.88. The number of nitrogens with one attached hydrogen (secondary N) is 2. The van der Waals surface area contributed by atoms with Crippen LogP contribution in [-0.4, -0.2) is 36.1 Å². The molecule has 0 heterocycles. The molecular weight excluding hydrogens is 260 g/mol. The van der Waals surface area contributed by atoms with Gasteiger partial charge in [0.25, 0.3) is 12.3 Å². The number of primary amides is 1. The van der Waals surface area contributed by atoms with Crippen molar-refractivity contribution in [3.05, 3.63) is 29.8 Å². The molecule has 1 atom stereocenters. The smallest absolute Gasteiger partial charge is 0.316 e. The quantitative estimate of drug-likeness (QED) is 0.629. The van der Waals surface area contributed by atoms with Gasteiger partial charge in [0.05, 0.1) is 0 Å². The summed E-state index contributed by atoms with van der Waals surface area (Å²) in [7, 11) is 0. The van der Waals surface area contributed by atoms with Gasteiger partial charge in [-0.2, -0.15) is 0 Å². The summed E-state index contributed by atoms with van der Waals surface area (Å²) < 4.78 is 24.0. The van der Waals surface area contributed by atoms with Crippen molar-refractivity contribution in [1.82, 2.24) is 5.32 Å². The van der Waals surface area contributed by atoms with Gasteiger partial charge in [-0.3, -0.25) is 4.79 Å². The lowest BCUT2D eigenvalue weighted by molar-refractivity contribution is -0.00270. The van der Waals surface area contributed by atoms with Crippen LogP contribution in [0.3, 0.4) is 0 Å². The van der Waals surface area contributed by atoms with E-state index in [1.54, 1.807) is 0 Å². The number of amides is 3. The highest BCUT2D eigenvalue weighted by Crippen LogP contribution is 2.09. The number of alkyl halides is 2. The molecule has 1 aromatic rings. The largest absolute Gasteiger partial charge is 0.385 e. The minimum Gasteiger partial charge on any atom is -0.385 e. The molecular formula is C11H13F2N3O3. The van der Waals surface area contributed by atoms with E-state index in [9.17, 15) is 18.4 Å². The third-order valence-corrected chi connectivity index (χ3v) is 2.18. The van der Waals surface area contributed by atoms with Crippen LogP contribution >= 0.6 is 0 Å². The highest BCUT2D eigenvalue weighted by molar-refractivity contribution is 5.95. The van der Waals surface area contributed by atoms with E-state index >= 15 is 0 Å². The summed E-state index contributed by atoms with van der Waals surface area (Å²) in [6.07, 6.45) is -4.82. The van der Waals surface area contributed by atoms with Crippen molar-refractivity contribution in [3.8, 4) is 0 Å². The molecule has 6 nitrogen and oxygen atoms in total. The van der Waals surface area contributed by atoms with Crippen LogP contribution in [0.2, 0.25) is 0 Å². The van der Waals surface area contributed by atoms with Crippen molar-refractivity contribution in [2.75, 3.05) is 11.9 Å². The Hall–Kier alpha value is -2.22. The Balaban J connectivity index is 2.55. The third-order valence-electron chi connectivity index (χ3n) is 2.18. The molecule has 0 radical (unpaired) electrons. The maximum atomic E-state index is 12.0. The van der Waals surface area contributed by atoms with Crippen LogP contribution in [0.4, 0.5) is 19.3 Å². The molecule has 0 aliphatic carbocycles. The Kier molecular flexibility index (Phi) is 5.19. The average molecular weight is 273 g/mol. The van der Waals surface area contributed by atoms with Gasteiger partial charge in [-0.25, -0.2) is 13.6 Å². The van der Waals surface area contributed by atoms with Crippen molar-refractivity contribution in [3.63, 3.8) is 0 Å². The zero-order chi connectivity index (χ0) is 14.4. The number of halogens is 2. The molecule has 0 saturated carbocycles. The first-order chi connectivity index (χ1) is 8.90. The van der Waals surface area contributed by atoms with Crippen molar-refractivity contribution < 1.29 is 23.5 Å². The first kappa shape index (κ1) is 14.8. The maximum Gasteiger partial charge on any atom is 0.316 e. The van der Waals surface area contributed by atoms with Gasteiger partial charge in [-0.1, -0.05) is 0 Å². The lowest BCUT2D eigenvalue weighted by atomic mass is 10.2. The maximum absolute atomic E-state index is 12.0. The number of nitrogens with two attached hydrogens (primary N) is 1. The van der Waals surface area contributed by atoms with E-state index < -0.39 is 31.0 Å². The number of anilines is 1. The van der Waals surface area contributed by atoms with Crippen molar-refractivity contribution in [2.24, 2.45) is 5.73 Å². The second-order valence-electron chi connectivity index (χ2n) is 3.68. The van der Waals surface area contributed by atoms with Crippen LogP contribution < -0.4 is 16.4 Å². The fourth-order valence-electron chi connectivity index (χ4n) is 1.24. The molecule has 1 rings (SSSR count). The molecule has 0 aromatic heterocycles. The van der Waals surface area contributed by atoms with E-state index in [4.69, 9.17) is 10.8 Å². The Morgan fingerprint density at radius 3 is 2.32 bits per heavy atom. The molecule has 0 fully saturated rings. The lowest BCUT2D eigenvalue weighted by Gasteiger charge is -2.10. The summed E-state index contributed by atoms with van der Waals surface area (Å²) in [6.45, 7) is -0.544. The van der Waals surface area contributed by atoms with Crippen molar-refractivity contribution >= 4 is 17.6 Å². The van der Waals surface area contributed by atoms with Crippen LogP contribution in [-0.2, 0) is 0 Å². The summed E-state index contributed by atoms with van der Waals surface area (Å²) in [5, 5.41) is 13.3. The van der Waals surface area contributed by atoms with Gasteiger partial charge in [0, 0.05) is 17.8 Å². The Morgan fingerprint density at radius 2 is 1.84 bits per heavy atom. The number of rotatable bonds is 5. The zero-order valence-corrected chi connectivity index (χ0v) is 9.77. The normalized spacial score (nSPS) is 12.0. The second kappa shape index (κ2) is 6.64. The number of aliphatic hydroxyl groups excluding tert-OH is 1. The molecule has 0 saturated heterocycles. The minimum absolute atomic E-state index is 0.205. The first-order valence-electron chi connectivity index (χ1n) is 5.31. The molecule has 0 aliphatic heterocycles. The van der Waals surface area contributed by atoms with Gasteiger partial charge >= 0.3 is 6.03 Å². The Bertz CT molecular complexity index is 451. The fourth-order valence-corrected chi connectivity index (χ4v) is 1.24. The van der Waals surface area contributed by atoms with Gasteiger partial charge < -0.3 is 21.5 Å². The number of hydrogen-bond acceptors (Lipinski definition) is 3. The topological polar surface area (TPSA) is 104 Å². The predicted octanol–water partition coefficient (Wildman–Crippen LogP) is 0.533. The summed E-state index contributed by atoms with van der Waals surface area (Å²) in [6, 6.07) is 4.90. The molecule has 1 unspecified atom stereocenters. The Labute approximate surface area is 107 Å². The number of aliphatic hydroxyl groups is 1. The summed E-state index contributed by atoms with van der Waals surface area (Å²) in [5.74, 6) is -0.606. The summed E-state index contributed by atoms with van der Waals surface area (Å²) >= 11 is 0. The number of carbonyl (C=O) groups excluding carboxylic acids is 2. The van der Waals surface area contributed by atoms with Gasteiger partial charge in [0.2, 0.25) is 0 Å². The van der Waals surface area contributed by atoms with E-state index in [1.165, 1.54) is 24.3 Å². The molecule has 0 aliphatic rings. The van der Waals surface area contributed by atoms with E-state index in [0.29, 0.717) is 5.69 Å². The van der Waals surface area contributed by atoms with Crippen molar-refractivity contribution in [2.45, 2.75) is 12.5 Å². The van der Waals surface area contributed by atoms with E-state index in [2.05, 4.69) is 10.6 Å². The van der Waals surface area contributed by atoms with E-state index in [1.807, 2.05) is 0 Å². The lowest BCUT2D eigenvalue weighted by Crippen LogP contribution is -2.35. The SMILES string of the molecule is NC(=O)Nc1ccc(C(=O)NCC(O)C(F)F)cc1. The van der Waals surface area contributed by atoms with Crippen LogP contribution in [0.15, 0.2) is 24.3 Å². The summed E-state index contributed by atoms with van der Waals surface area (Å²) in [5.41, 5.74) is 5.51. The zero-order valence-electron chi connectivity index (χ0n) is 9.77. The van der Waals surface area contributed by atoms with Crippen LogP contribution in [0.1, 0.15) is 10.4 Å².